The van der Waals surface area contributed by atoms with Crippen LogP contribution in [0.15, 0.2) is 24.3 Å². The highest BCUT2D eigenvalue weighted by Crippen LogP contribution is 2.14. The van der Waals surface area contributed by atoms with E-state index in [-0.39, 0.29) is 11.7 Å². The van der Waals surface area contributed by atoms with Gasteiger partial charge in [-0.2, -0.15) is 0 Å². The Morgan fingerprint density at radius 1 is 1.50 bits per heavy atom. The summed E-state index contributed by atoms with van der Waals surface area (Å²) in [7, 11) is 3.51. The minimum absolute atomic E-state index is 0.000787. The first-order chi connectivity index (χ1) is 7.65. The Labute approximate surface area is 95.3 Å². The van der Waals surface area contributed by atoms with Crippen molar-refractivity contribution >= 4 is 11.6 Å². The standard InChI is InChI=1S/C12H17FN2O/c1-14-8-4-7-12(16)15(2)11-6-3-5-10(13)9-11/h3,5-6,9,14H,4,7-8H2,1-2H3. The second-order valence-electron chi connectivity index (χ2n) is 3.64. The van der Waals surface area contributed by atoms with Crippen LogP contribution in [0.3, 0.4) is 0 Å². The molecule has 0 aliphatic rings. The zero-order valence-electron chi connectivity index (χ0n) is 9.66. The molecule has 1 N–H and O–H groups in total. The van der Waals surface area contributed by atoms with Crippen molar-refractivity contribution in [3.63, 3.8) is 0 Å². The van der Waals surface area contributed by atoms with Crippen LogP contribution in [-0.2, 0) is 4.79 Å². The third-order valence-electron chi connectivity index (χ3n) is 2.39. The predicted octanol–water partition coefficient (Wildman–Crippen LogP) is 1.79. The van der Waals surface area contributed by atoms with Gasteiger partial charge in [-0.3, -0.25) is 4.79 Å². The molecule has 88 valence electrons. The molecular formula is C12H17FN2O. The number of rotatable bonds is 5. The molecule has 1 rings (SSSR count). The van der Waals surface area contributed by atoms with Crippen molar-refractivity contribution in [3.05, 3.63) is 30.1 Å². The minimum atomic E-state index is -0.327. The van der Waals surface area contributed by atoms with E-state index in [4.69, 9.17) is 0 Å². The van der Waals surface area contributed by atoms with Crippen molar-refractivity contribution in [2.24, 2.45) is 0 Å². The van der Waals surface area contributed by atoms with Crippen molar-refractivity contribution < 1.29 is 9.18 Å². The van der Waals surface area contributed by atoms with E-state index in [0.29, 0.717) is 12.1 Å². The first-order valence-electron chi connectivity index (χ1n) is 5.32. The molecule has 16 heavy (non-hydrogen) atoms. The number of nitrogens with one attached hydrogen (secondary N) is 1. The van der Waals surface area contributed by atoms with Crippen LogP contribution in [0.25, 0.3) is 0 Å². The number of hydrogen-bond donors (Lipinski definition) is 1. The average molecular weight is 224 g/mol. The van der Waals surface area contributed by atoms with E-state index < -0.39 is 0 Å². The highest BCUT2D eigenvalue weighted by molar-refractivity contribution is 5.92. The molecule has 3 nitrogen and oxygen atoms in total. The molecule has 1 aromatic rings. The van der Waals surface area contributed by atoms with Crippen LogP contribution in [0.4, 0.5) is 10.1 Å². The molecule has 0 spiro atoms. The van der Waals surface area contributed by atoms with E-state index in [0.717, 1.165) is 13.0 Å². The molecule has 0 atom stereocenters. The summed E-state index contributed by atoms with van der Waals surface area (Å²) in [5, 5.41) is 2.98. The summed E-state index contributed by atoms with van der Waals surface area (Å²) in [5.41, 5.74) is 0.592. The van der Waals surface area contributed by atoms with E-state index in [9.17, 15) is 9.18 Å². The summed E-state index contributed by atoms with van der Waals surface area (Å²) in [4.78, 5) is 13.2. The number of carbonyl (C=O) groups is 1. The molecule has 0 aliphatic carbocycles. The van der Waals surface area contributed by atoms with Crippen LogP contribution < -0.4 is 10.2 Å². The number of carbonyl (C=O) groups excluding carboxylic acids is 1. The van der Waals surface area contributed by atoms with E-state index in [1.54, 1.807) is 19.2 Å². The predicted molar refractivity (Wildman–Crippen MR) is 63.0 cm³/mol. The molecule has 1 aromatic carbocycles. The average Bonchev–Trinajstić information content (AvgIpc) is 2.28. The molecule has 0 aliphatic heterocycles. The van der Waals surface area contributed by atoms with Gasteiger partial charge in [0.1, 0.15) is 5.82 Å². The lowest BCUT2D eigenvalue weighted by Crippen LogP contribution is -2.26. The smallest absolute Gasteiger partial charge is 0.226 e. The SMILES string of the molecule is CNCCCC(=O)N(C)c1cccc(F)c1. The van der Waals surface area contributed by atoms with E-state index in [2.05, 4.69) is 5.32 Å². The molecule has 0 fully saturated rings. The maximum Gasteiger partial charge on any atom is 0.226 e. The highest BCUT2D eigenvalue weighted by atomic mass is 19.1. The Morgan fingerprint density at radius 3 is 2.88 bits per heavy atom. The largest absolute Gasteiger partial charge is 0.320 e. The van der Waals surface area contributed by atoms with Crippen LogP contribution in [0.2, 0.25) is 0 Å². The number of anilines is 1. The van der Waals surface area contributed by atoms with Crippen molar-refractivity contribution in [1.82, 2.24) is 5.32 Å². The Kier molecular flexibility index (Phi) is 4.92. The minimum Gasteiger partial charge on any atom is -0.320 e. The van der Waals surface area contributed by atoms with Gasteiger partial charge >= 0.3 is 0 Å². The van der Waals surface area contributed by atoms with Crippen molar-refractivity contribution in [2.75, 3.05) is 25.5 Å². The van der Waals surface area contributed by atoms with E-state index in [1.807, 2.05) is 7.05 Å². The van der Waals surface area contributed by atoms with Crippen molar-refractivity contribution in [1.29, 1.82) is 0 Å². The lowest BCUT2D eigenvalue weighted by atomic mass is 10.2. The second kappa shape index (κ2) is 6.23. The summed E-state index contributed by atoms with van der Waals surface area (Å²) in [6.07, 6.45) is 1.25. The fraction of sp³-hybridized carbons (Fsp3) is 0.417. The van der Waals surface area contributed by atoms with Gasteiger partial charge in [0.05, 0.1) is 0 Å². The first-order valence-corrected chi connectivity index (χ1v) is 5.32. The zero-order valence-corrected chi connectivity index (χ0v) is 9.66. The molecule has 0 heterocycles. The fourth-order valence-corrected chi connectivity index (χ4v) is 1.41. The third kappa shape index (κ3) is 3.62. The molecule has 0 bridgehead atoms. The van der Waals surface area contributed by atoms with Gasteiger partial charge in [-0.15, -0.1) is 0 Å². The summed E-state index contributed by atoms with van der Waals surface area (Å²) < 4.78 is 12.9. The van der Waals surface area contributed by atoms with Gasteiger partial charge in [-0.05, 0) is 38.2 Å². The Morgan fingerprint density at radius 2 is 2.25 bits per heavy atom. The van der Waals surface area contributed by atoms with Gasteiger partial charge in [-0.25, -0.2) is 4.39 Å². The number of nitrogens with zero attached hydrogens (tertiary/aromatic N) is 1. The molecular weight excluding hydrogens is 207 g/mol. The van der Waals surface area contributed by atoms with Gasteiger partial charge in [0.25, 0.3) is 0 Å². The van der Waals surface area contributed by atoms with Crippen LogP contribution in [0, 0.1) is 5.82 Å². The van der Waals surface area contributed by atoms with Crippen LogP contribution >= 0.6 is 0 Å². The van der Waals surface area contributed by atoms with E-state index in [1.165, 1.54) is 17.0 Å². The molecule has 0 saturated heterocycles. The summed E-state index contributed by atoms with van der Waals surface area (Å²) in [6, 6.07) is 6.04. The second-order valence-corrected chi connectivity index (χ2v) is 3.64. The molecule has 0 aromatic heterocycles. The van der Waals surface area contributed by atoms with Crippen molar-refractivity contribution in [2.45, 2.75) is 12.8 Å². The first kappa shape index (κ1) is 12.6. The third-order valence-corrected chi connectivity index (χ3v) is 2.39. The summed E-state index contributed by atoms with van der Waals surface area (Å²) in [5.74, 6) is -0.326. The summed E-state index contributed by atoms with van der Waals surface area (Å²) in [6.45, 7) is 0.808. The molecule has 0 radical (unpaired) electrons. The Bertz CT molecular complexity index is 355. The van der Waals surface area contributed by atoms with Crippen LogP contribution in [-0.4, -0.2) is 26.5 Å². The van der Waals surface area contributed by atoms with Crippen LogP contribution in [0.5, 0.6) is 0 Å². The number of benzene rings is 1. The monoisotopic (exact) mass is 224 g/mol. The summed E-state index contributed by atoms with van der Waals surface area (Å²) >= 11 is 0. The Hall–Kier alpha value is -1.42. The molecule has 4 heteroatoms. The number of halogens is 1. The number of hydrogen-bond acceptors (Lipinski definition) is 2. The van der Waals surface area contributed by atoms with Gasteiger partial charge in [0.2, 0.25) is 5.91 Å². The maximum absolute atomic E-state index is 12.9. The Balaban J connectivity index is 2.56. The lowest BCUT2D eigenvalue weighted by Gasteiger charge is -2.17. The molecule has 1 amide bonds. The normalized spacial score (nSPS) is 10.2. The fourth-order valence-electron chi connectivity index (χ4n) is 1.41. The maximum atomic E-state index is 12.9. The van der Waals surface area contributed by atoms with Gasteiger partial charge in [0.15, 0.2) is 0 Å². The van der Waals surface area contributed by atoms with Gasteiger partial charge < -0.3 is 10.2 Å². The van der Waals surface area contributed by atoms with Gasteiger partial charge in [-0.1, -0.05) is 6.07 Å². The lowest BCUT2D eigenvalue weighted by molar-refractivity contribution is -0.118. The number of amides is 1. The highest BCUT2D eigenvalue weighted by Gasteiger charge is 2.10. The zero-order chi connectivity index (χ0) is 12.0. The topological polar surface area (TPSA) is 32.3 Å². The van der Waals surface area contributed by atoms with Crippen molar-refractivity contribution in [3.8, 4) is 0 Å². The van der Waals surface area contributed by atoms with Gasteiger partial charge in [0, 0.05) is 19.2 Å². The molecule has 0 unspecified atom stereocenters. The van der Waals surface area contributed by atoms with Crippen LogP contribution in [0.1, 0.15) is 12.8 Å². The molecule has 0 saturated carbocycles. The van der Waals surface area contributed by atoms with E-state index >= 15 is 0 Å². The quantitative estimate of drug-likeness (QED) is 0.773.